The largest absolute Gasteiger partial charge is 0.491 e. The van der Waals surface area contributed by atoms with E-state index < -0.39 is 17.6 Å². The molecule has 0 atom stereocenters. The van der Waals surface area contributed by atoms with Gasteiger partial charge in [0.2, 0.25) is 11.7 Å². The van der Waals surface area contributed by atoms with Gasteiger partial charge < -0.3 is 19.5 Å². The second-order valence-electron chi connectivity index (χ2n) is 8.76. The fourth-order valence-corrected chi connectivity index (χ4v) is 3.60. The highest BCUT2D eigenvalue weighted by molar-refractivity contribution is 6.04. The number of hydrogen-bond acceptors (Lipinski definition) is 8. The number of nitriles is 1. The highest BCUT2D eigenvalue weighted by Gasteiger charge is 2.34. The van der Waals surface area contributed by atoms with E-state index in [1.807, 2.05) is 25.1 Å². The number of aromatic nitrogens is 3. The van der Waals surface area contributed by atoms with Gasteiger partial charge in [-0.05, 0) is 44.4 Å². The summed E-state index contributed by atoms with van der Waals surface area (Å²) in [6.07, 6.45) is -3.48. The summed E-state index contributed by atoms with van der Waals surface area (Å²) in [5.41, 5.74) is -0.0772. The number of benzene rings is 2. The Labute approximate surface area is 221 Å². The number of anilines is 1. The summed E-state index contributed by atoms with van der Waals surface area (Å²) in [5, 5.41) is 15.7. The second kappa shape index (κ2) is 11.3. The molecule has 12 heteroatoms. The highest BCUT2D eigenvalue weighted by atomic mass is 19.4. The molecule has 1 N–H and O–H groups in total. The van der Waals surface area contributed by atoms with Crippen LogP contribution in [0.25, 0.3) is 22.6 Å². The Kier molecular flexibility index (Phi) is 7.92. The first-order valence-corrected chi connectivity index (χ1v) is 11.7. The van der Waals surface area contributed by atoms with Crippen LogP contribution in [0.2, 0.25) is 0 Å². The fraction of sp³-hybridized carbons (Fsp3) is 0.222. The number of ether oxygens (including phenoxy) is 1. The van der Waals surface area contributed by atoms with Gasteiger partial charge in [-0.25, -0.2) is 0 Å². The normalized spacial score (nSPS) is 11.3. The lowest BCUT2D eigenvalue weighted by molar-refractivity contribution is -0.137. The van der Waals surface area contributed by atoms with Gasteiger partial charge in [0.1, 0.15) is 18.4 Å². The molecule has 0 spiro atoms. The molecular weight excluding hydrogens is 513 g/mol. The summed E-state index contributed by atoms with van der Waals surface area (Å²) in [7, 11) is 3.78. The Morgan fingerprint density at radius 1 is 1.15 bits per heavy atom. The monoisotopic (exact) mass is 536 g/mol. The van der Waals surface area contributed by atoms with E-state index in [0.717, 1.165) is 6.07 Å². The molecular formula is C27H23F3N6O3. The first-order valence-electron chi connectivity index (χ1n) is 11.7. The predicted molar refractivity (Wildman–Crippen MR) is 136 cm³/mol. The number of alkyl halides is 3. The van der Waals surface area contributed by atoms with Gasteiger partial charge in [0.05, 0.1) is 22.4 Å². The van der Waals surface area contributed by atoms with Crippen molar-refractivity contribution in [2.45, 2.75) is 13.1 Å². The van der Waals surface area contributed by atoms with Crippen molar-refractivity contribution >= 4 is 11.6 Å². The van der Waals surface area contributed by atoms with E-state index in [9.17, 15) is 23.2 Å². The topological polar surface area (TPSA) is 117 Å². The Morgan fingerprint density at radius 2 is 1.95 bits per heavy atom. The molecule has 4 rings (SSSR count). The zero-order valence-corrected chi connectivity index (χ0v) is 21.2. The lowest BCUT2D eigenvalue weighted by Gasteiger charge is -2.14. The number of nitrogens with zero attached hydrogens (tertiary/aromatic N) is 5. The Hall–Kier alpha value is -4.76. The number of amides is 1. The van der Waals surface area contributed by atoms with Crippen LogP contribution in [-0.2, 0) is 6.18 Å². The number of rotatable bonds is 8. The Balaban J connectivity index is 1.54. The molecule has 0 bridgehead atoms. The van der Waals surface area contributed by atoms with Gasteiger partial charge in [0.15, 0.2) is 0 Å². The molecule has 0 fully saturated rings. The van der Waals surface area contributed by atoms with Crippen LogP contribution < -0.4 is 10.1 Å². The standard InChI is InChI=1S/C27H23F3N6O3/c1-16-33-25(35-39-16)17-5-8-21(22(12-17)27(28,29)30)23-9-6-19(15-32-23)26(37)34-20-7-4-18(14-31)24(13-20)38-11-10-36(2)3/h4-9,12-13,15H,10-11H2,1-3H3,(H,34,37). The minimum atomic E-state index is -4.68. The molecule has 0 radical (unpaired) electrons. The summed E-state index contributed by atoms with van der Waals surface area (Å²) in [6.45, 7) is 2.52. The van der Waals surface area contributed by atoms with Crippen LogP contribution in [0.5, 0.6) is 5.75 Å². The maximum Gasteiger partial charge on any atom is 0.417 e. The van der Waals surface area contributed by atoms with Crippen LogP contribution in [0.3, 0.4) is 0 Å². The number of carbonyl (C=O) groups excluding carboxylic acids is 1. The van der Waals surface area contributed by atoms with Crippen molar-refractivity contribution in [2.75, 3.05) is 32.6 Å². The maximum atomic E-state index is 13.9. The van der Waals surface area contributed by atoms with Crippen molar-refractivity contribution in [3.05, 3.63) is 77.3 Å². The van der Waals surface area contributed by atoms with Crippen molar-refractivity contribution in [3.8, 4) is 34.5 Å². The van der Waals surface area contributed by atoms with Gasteiger partial charge in [0.25, 0.3) is 5.91 Å². The van der Waals surface area contributed by atoms with E-state index in [2.05, 4.69) is 20.4 Å². The minimum Gasteiger partial charge on any atom is -0.491 e. The minimum absolute atomic E-state index is 0.0321. The van der Waals surface area contributed by atoms with Gasteiger partial charge in [-0.15, -0.1) is 0 Å². The summed E-state index contributed by atoms with van der Waals surface area (Å²) >= 11 is 0. The molecule has 2 heterocycles. The zero-order valence-electron chi connectivity index (χ0n) is 21.2. The third-order valence-electron chi connectivity index (χ3n) is 5.57. The first-order chi connectivity index (χ1) is 18.5. The van der Waals surface area contributed by atoms with Crippen molar-refractivity contribution < 1.29 is 27.2 Å². The maximum absolute atomic E-state index is 13.9. The molecule has 0 aliphatic carbocycles. The lowest BCUT2D eigenvalue weighted by Crippen LogP contribution is -2.19. The average molecular weight is 537 g/mol. The van der Waals surface area contributed by atoms with Crippen LogP contribution in [0.1, 0.15) is 27.4 Å². The number of halogens is 3. The van der Waals surface area contributed by atoms with Crippen molar-refractivity contribution in [2.24, 2.45) is 0 Å². The number of pyridine rings is 1. The zero-order chi connectivity index (χ0) is 28.2. The molecule has 0 saturated carbocycles. The van der Waals surface area contributed by atoms with Crippen LogP contribution in [0.4, 0.5) is 18.9 Å². The van der Waals surface area contributed by atoms with E-state index >= 15 is 0 Å². The summed E-state index contributed by atoms with van der Waals surface area (Å²) in [5.74, 6) is 0.0624. The quantitative estimate of drug-likeness (QED) is 0.327. The summed E-state index contributed by atoms with van der Waals surface area (Å²) in [4.78, 5) is 22.8. The first kappa shape index (κ1) is 27.3. The molecule has 0 aliphatic rings. The van der Waals surface area contributed by atoms with E-state index in [1.165, 1.54) is 49.5 Å². The predicted octanol–water partition coefficient (Wildman–Crippen LogP) is 5.19. The molecule has 9 nitrogen and oxygen atoms in total. The molecule has 4 aromatic rings. The molecule has 0 saturated heterocycles. The highest BCUT2D eigenvalue weighted by Crippen LogP contribution is 2.38. The molecule has 0 unspecified atom stereocenters. The molecule has 2 aromatic carbocycles. The van der Waals surface area contributed by atoms with Gasteiger partial charge >= 0.3 is 6.18 Å². The van der Waals surface area contributed by atoms with Gasteiger partial charge in [-0.1, -0.05) is 17.3 Å². The lowest BCUT2D eigenvalue weighted by atomic mass is 9.99. The third-order valence-corrected chi connectivity index (χ3v) is 5.57. The molecule has 39 heavy (non-hydrogen) atoms. The Morgan fingerprint density at radius 3 is 2.56 bits per heavy atom. The molecule has 1 amide bonds. The number of likely N-dealkylation sites (N-methyl/N-ethyl adjacent to an activating group) is 1. The number of aryl methyl sites for hydroxylation is 1. The molecule has 0 aliphatic heterocycles. The van der Waals surface area contributed by atoms with Crippen molar-refractivity contribution in [3.63, 3.8) is 0 Å². The fourth-order valence-electron chi connectivity index (χ4n) is 3.60. The van der Waals surface area contributed by atoms with Crippen LogP contribution in [0.15, 0.2) is 59.3 Å². The molecule has 200 valence electrons. The van der Waals surface area contributed by atoms with E-state index in [1.54, 1.807) is 6.07 Å². The van der Waals surface area contributed by atoms with Crippen LogP contribution in [-0.4, -0.2) is 53.2 Å². The molecule has 2 aromatic heterocycles. The second-order valence-corrected chi connectivity index (χ2v) is 8.76. The van der Waals surface area contributed by atoms with Gasteiger partial charge in [-0.3, -0.25) is 9.78 Å². The van der Waals surface area contributed by atoms with E-state index in [-0.39, 0.29) is 34.1 Å². The number of nitrogens with one attached hydrogen (secondary N) is 1. The van der Waals surface area contributed by atoms with Gasteiger partial charge in [-0.2, -0.15) is 23.4 Å². The van der Waals surface area contributed by atoms with Crippen LogP contribution >= 0.6 is 0 Å². The third kappa shape index (κ3) is 6.58. The summed E-state index contributed by atoms with van der Waals surface area (Å²) in [6, 6.07) is 13.0. The van der Waals surface area contributed by atoms with Crippen molar-refractivity contribution in [1.82, 2.24) is 20.0 Å². The van der Waals surface area contributed by atoms with Crippen molar-refractivity contribution in [1.29, 1.82) is 5.26 Å². The van der Waals surface area contributed by atoms with Gasteiger partial charge in [0, 0.05) is 42.5 Å². The Bertz CT molecular complexity index is 1530. The SMILES string of the molecule is Cc1nc(-c2ccc(-c3ccc(C(=O)Nc4ccc(C#N)c(OCCN(C)C)c4)cn3)c(C(F)(F)F)c2)no1. The summed E-state index contributed by atoms with van der Waals surface area (Å²) < 4.78 is 52.2. The van der Waals surface area contributed by atoms with E-state index in [0.29, 0.717) is 30.2 Å². The average Bonchev–Trinajstić information content (AvgIpc) is 3.34. The number of hydrogen-bond donors (Lipinski definition) is 1. The van der Waals surface area contributed by atoms with E-state index in [4.69, 9.17) is 9.26 Å². The van der Waals surface area contributed by atoms with Crippen LogP contribution in [0, 0.1) is 18.3 Å². The number of carbonyl (C=O) groups is 1. The smallest absolute Gasteiger partial charge is 0.417 e.